The molecule has 4 aromatic rings. The van der Waals surface area contributed by atoms with Crippen molar-refractivity contribution in [1.29, 1.82) is 5.26 Å². The molecule has 0 aliphatic rings. The van der Waals surface area contributed by atoms with Gasteiger partial charge in [-0.25, -0.2) is 4.79 Å². The average Bonchev–Trinajstić information content (AvgIpc) is 2.96. The molecule has 0 radical (unpaired) electrons. The number of carbonyl (C=O) groups excluding carboxylic acids is 2. The molecule has 0 saturated carbocycles. The monoisotopic (exact) mass is 506 g/mol. The first kappa shape index (κ1) is 25.7. The molecule has 0 heterocycles. The molecular formula is C31H27N2O3P. The number of Topliss-reactive ketones (excluding diaryl/α,β-unsaturated/α-hetero) is 1. The van der Waals surface area contributed by atoms with Gasteiger partial charge in [-0.1, -0.05) is 121 Å². The number of hydrogen-bond acceptors (Lipinski definition) is 4. The van der Waals surface area contributed by atoms with Crippen LogP contribution in [-0.2, 0) is 16.1 Å². The van der Waals surface area contributed by atoms with Crippen LogP contribution >= 0.6 is 6.89 Å². The van der Waals surface area contributed by atoms with Gasteiger partial charge in [0.25, 0.3) is 0 Å². The Labute approximate surface area is 217 Å². The Morgan fingerprint density at radius 1 is 0.757 bits per heavy atom. The van der Waals surface area contributed by atoms with Crippen LogP contribution in [0.1, 0.15) is 12.5 Å². The van der Waals surface area contributed by atoms with Crippen LogP contribution < -0.4 is 21.2 Å². The minimum Gasteiger partial charge on any atom is -0.445 e. The molecule has 0 saturated heterocycles. The van der Waals surface area contributed by atoms with E-state index in [2.05, 4.69) is 11.4 Å². The lowest BCUT2D eigenvalue weighted by Crippen LogP contribution is -2.44. The Morgan fingerprint density at radius 2 is 1.16 bits per heavy atom. The van der Waals surface area contributed by atoms with Crippen molar-refractivity contribution in [1.82, 2.24) is 5.32 Å². The summed E-state index contributed by atoms with van der Waals surface area (Å²) in [5.74, 6) is -0.441. The van der Waals surface area contributed by atoms with Gasteiger partial charge >= 0.3 is 6.09 Å². The second-order valence-corrected chi connectivity index (χ2v) is 11.8. The summed E-state index contributed by atoms with van der Waals surface area (Å²) >= 11 is 0. The molecule has 0 aliphatic carbocycles. The highest BCUT2D eigenvalue weighted by Gasteiger charge is 2.35. The summed E-state index contributed by atoms with van der Waals surface area (Å²) in [6.07, 6.45) is -0.718. The summed E-state index contributed by atoms with van der Waals surface area (Å²) in [5, 5.41) is 15.9. The van der Waals surface area contributed by atoms with E-state index in [0.717, 1.165) is 21.5 Å². The first-order chi connectivity index (χ1) is 18.1. The average molecular weight is 507 g/mol. The largest absolute Gasteiger partial charge is 0.445 e. The molecule has 1 atom stereocenters. The van der Waals surface area contributed by atoms with Gasteiger partial charge in [0.05, 0.1) is 6.04 Å². The summed E-state index contributed by atoms with van der Waals surface area (Å²) in [6.45, 7) is -1.20. The Morgan fingerprint density at radius 3 is 1.57 bits per heavy atom. The van der Waals surface area contributed by atoms with Crippen LogP contribution in [0.25, 0.3) is 0 Å². The summed E-state index contributed by atoms with van der Waals surface area (Å²) in [6, 6.07) is 39.6. The molecule has 0 aromatic heterocycles. The summed E-state index contributed by atoms with van der Waals surface area (Å²) in [4.78, 5) is 26.5. The second-order valence-electron chi connectivity index (χ2n) is 8.43. The Bertz CT molecular complexity index is 1340. The number of alkyl carbamates (subject to hydrolysis) is 1. The third-order valence-electron chi connectivity index (χ3n) is 6.05. The molecule has 0 spiro atoms. The van der Waals surface area contributed by atoms with E-state index in [-0.39, 0.29) is 11.9 Å². The normalized spacial score (nSPS) is 11.6. The van der Waals surface area contributed by atoms with Crippen molar-refractivity contribution in [3.63, 3.8) is 0 Å². The Kier molecular flexibility index (Phi) is 8.36. The van der Waals surface area contributed by atoms with Crippen LogP contribution in [0.2, 0.25) is 0 Å². The molecule has 0 fully saturated rings. The van der Waals surface area contributed by atoms with Gasteiger partial charge in [-0.15, -0.1) is 0 Å². The molecule has 5 nitrogen and oxygen atoms in total. The topological polar surface area (TPSA) is 79.2 Å². The van der Waals surface area contributed by atoms with Crippen molar-refractivity contribution in [3.8, 4) is 6.07 Å². The van der Waals surface area contributed by atoms with Crippen molar-refractivity contribution in [3.05, 3.63) is 127 Å². The van der Waals surface area contributed by atoms with Crippen molar-refractivity contribution in [2.24, 2.45) is 0 Å². The van der Waals surface area contributed by atoms with E-state index in [1.807, 2.05) is 121 Å². The lowest BCUT2D eigenvalue weighted by atomic mass is 10.2. The summed E-state index contributed by atoms with van der Waals surface area (Å²) < 4.78 is 5.32. The number of ketones is 1. The number of nitrogens with zero attached hydrogens (tertiary/aromatic N) is 1. The van der Waals surface area contributed by atoms with Crippen LogP contribution in [0.15, 0.2) is 121 Å². The van der Waals surface area contributed by atoms with Crippen LogP contribution in [0.5, 0.6) is 0 Å². The maximum absolute atomic E-state index is 13.9. The molecule has 184 valence electrons. The third-order valence-corrected chi connectivity index (χ3v) is 10.3. The lowest BCUT2D eigenvalue weighted by Gasteiger charge is -2.30. The van der Waals surface area contributed by atoms with Crippen LogP contribution in [-0.4, -0.2) is 23.2 Å². The van der Waals surface area contributed by atoms with Gasteiger partial charge in [0.1, 0.15) is 18.0 Å². The number of benzene rings is 4. The molecule has 1 N–H and O–H groups in total. The van der Waals surface area contributed by atoms with Gasteiger partial charge in [-0.05, 0) is 35.3 Å². The molecule has 0 unspecified atom stereocenters. The van der Waals surface area contributed by atoms with Crippen LogP contribution in [0.4, 0.5) is 4.79 Å². The van der Waals surface area contributed by atoms with E-state index in [1.165, 1.54) is 0 Å². The summed E-state index contributed by atoms with van der Waals surface area (Å²) in [7, 11) is 0. The van der Waals surface area contributed by atoms with Crippen molar-refractivity contribution < 1.29 is 14.3 Å². The van der Waals surface area contributed by atoms with E-state index in [9.17, 15) is 14.9 Å². The molecule has 6 heteroatoms. The standard InChI is InChI=1S/C31H27N2O3P/c1-24(33-31(35)36-23-25-14-6-2-7-15-25)30(34)29(22-32)37(26-16-8-3-9-17-26,27-18-10-4-11-19-27)28-20-12-5-13-21-28/h2-21,24H,23H2,1H3,(H,33,35)/t24-/m0/s1. The van der Waals surface area contributed by atoms with Crippen molar-refractivity contribution >= 4 is 40.0 Å². The van der Waals surface area contributed by atoms with Crippen LogP contribution in [0, 0.1) is 11.3 Å². The van der Waals surface area contributed by atoms with E-state index in [4.69, 9.17) is 4.74 Å². The van der Waals surface area contributed by atoms with Crippen LogP contribution in [0.3, 0.4) is 0 Å². The minimum absolute atomic E-state index is 0.0807. The van der Waals surface area contributed by atoms with Gasteiger partial charge in [-0.2, -0.15) is 5.26 Å². The van der Waals surface area contributed by atoms with Gasteiger partial charge in [0.15, 0.2) is 5.78 Å². The first-order valence-corrected chi connectivity index (χ1v) is 13.7. The minimum atomic E-state index is -2.87. The highest BCUT2D eigenvalue weighted by atomic mass is 31.2. The second kappa shape index (κ2) is 12.0. The Balaban J connectivity index is 1.81. The predicted octanol–water partition coefficient (Wildman–Crippen LogP) is 4.56. The molecule has 4 rings (SSSR count). The van der Waals surface area contributed by atoms with E-state index < -0.39 is 24.8 Å². The maximum Gasteiger partial charge on any atom is 0.408 e. The fourth-order valence-corrected chi connectivity index (χ4v) is 8.50. The number of carbonyl (C=O) groups is 2. The smallest absolute Gasteiger partial charge is 0.408 e. The van der Waals surface area contributed by atoms with Gasteiger partial charge < -0.3 is 10.1 Å². The van der Waals surface area contributed by atoms with Gasteiger partial charge in [-0.3, -0.25) is 4.79 Å². The molecule has 37 heavy (non-hydrogen) atoms. The quantitative estimate of drug-likeness (QED) is 0.356. The number of amides is 1. The number of nitrogens with one attached hydrogen (secondary N) is 1. The number of nitriles is 1. The van der Waals surface area contributed by atoms with Crippen molar-refractivity contribution in [2.75, 3.05) is 0 Å². The molecule has 4 aromatic carbocycles. The Hall–Kier alpha value is -4.39. The SMILES string of the molecule is C[C@H](NC(=O)OCc1ccccc1)C(=O)C(C#N)=P(c1ccccc1)(c1ccccc1)c1ccccc1. The number of rotatable bonds is 8. The fraction of sp³-hybridized carbons (Fsp3) is 0.0968. The fourth-order valence-electron chi connectivity index (χ4n) is 4.30. The predicted molar refractivity (Wildman–Crippen MR) is 150 cm³/mol. The zero-order valence-corrected chi connectivity index (χ0v) is 21.3. The van der Waals surface area contributed by atoms with Gasteiger partial charge in [0, 0.05) is 0 Å². The third kappa shape index (κ3) is 5.56. The zero-order chi connectivity index (χ0) is 26.1. The van der Waals surface area contributed by atoms with Crippen molar-refractivity contribution in [2.45, 2.75) is 19.6 Å². The first-order valence-electron chi connectivity index (χ1n) is 11.9. The maximum atomic E-state index is 13.9. The molecule has 0 aliphatic heterocycles. The highest BCUT2D eigenvalue weighted by molar-refractivity contribution is 7.97. The van der Waals surface area contributed by atoms with Gasteiger partial charge in [0.2, 0.25) is 0 Å². The number of ether oxygens (including phenoxy) is 1. The zero-order valence-electron chi connectivity index (χ0n) is 20.5. The number of hydrogen-bond donors (Lipinski definition) is 1. The lowest BCUT2D eigenvalue weighted by molar-refractivity contribution is -0.114. The highest BCUT2D eigenvalue weighted by Crippen LogP contribution is 2.46. The van der Waals surface area contributed by atoms with E-state index in [1.54, 1.807) is 6.92 Å². The molecular weight excluding hydrogens is 479 g/mol. The van der Waals surface area contributed by atoms with E-state index in [0.29, 0.717) is 0 Å². The molecule has 0 bridgehead atoms. The van der Waals surface area contributed by atoms with E-state index >= 15 is 0 Å². The molecule has 1 amide bonds. The summed E-state index contributed by atoms with van der Waals surface area (Å²) in [5.41, 5.74) is 0.836.